The van der Waals surface area contributed by atoms with E-state index in [1.807, 2.05) is 76.2 Å². The Hall–Kier alpha value is -3.93. The number of benzene rings is 3. The second kappa shape index (κ2) is 13.4. The van der Waals surface area contributed by atoms with Gasteiger partial charge in [0.2, 0.25) is 15.9 Å². The molecule has 42 heavy (non-hydrogen) atoms. The van der Waals surface area contributed by atoms with Gasteiger partial charge in [0.1, 0.15) is 0 Å². The van der Waals surface area contributed by atoms with Crippen molar-refractivity contribution in [3.8, 4) is 0 Å². The van der Waals surface area contributed by atoms with Crippen molar-refractivity contribution in [2.45, 2.75) is 51.2 Å². The largest absolute Gasteiger partial charge is 0.390 e. The number of aryl methyl sites for hydroxylation is 2. The van der Waals surface area contributed by atoms with Crippen LogP contribution in [-0.2, 0) is 21.2 Å². The van der Waals surface area contributed by atoms with Gasteiger partial charge in [-0.15, -0.1) is 0 Å². The molecule has 4 aromatic rings. The Kier molecular flexibility index (Phi) is 9.87. The van der Waals surface area contributed by atoms with Crippen molar-refractivity contribution >= 4 is 38.4 Å². The highest BCUT2D eigenvalue weighted by molar-refractivity contribution is 7.89. The number of sulfonamides is 1. The normalized spacial score (nSPS) is 13.4. The number of rotatable bonds is 13. The van der Waals surface area contributed by atoms with Crippen molar-refractivity contribution in [1.82, 2.24) is 14.8 Å². The second-order valence-corrected chi connectivity index (χ2v) is 12.9. The minimum Gasteiger partial charge on any atom is -0.390 e. The predicted molar refractivity (Wildman–Crippen MR) is 165 cm³/mol. The Balaban J connectivity index is 1.56. The minimum absolute atomic E-state index is 0.000413. The molecule has 1 heterocycles. The molecular formula is C31H39N5O5S. The van der Waals surface area contributed by atoms with Crippen LogP contribution in [0.5, 0.6) is 0 Å². The van der Waals surface area contributed by atoms with Crippen LogP contribution in [0.3, 0.4) is 0 Å². The van der Waals surface area contributed by atoms with Gasteiger partial charge in [-0.2, -0.15) is 4.31 Å². The Labute approximate surface area is 246 Å². The number of aliphatic hydroxyl groups is 1. The van der Waals surface area contributed by atoms with Gasteiger partial charge >= 0.3 is 0 Å². The van der Waals surface area contributed by atoms with Crippen LogP contribution in [-0.4, -0.2) is 60.7 Å². The smallest absolute Gasteiger partial charge is 0.243 e. The number of fused-ring (bicyclic) bond motifs is 1. The summed E-state index contributed by atoms with van der Waals surface area (Å²) >= 11 is 0. The number of nitrogens with zero attached hydrogens (tertiary/aromatic N) is 2. The summed E-state index contributed by atoms with van der Waals surface area (Å²) in [7, 11) is -4.04. The van der Waals surface area contributed by atoms with Crippen molar-refractivity contribution in [3.05, 3.63) is 83.4 Å². The Bertz CT molecular complexity index is 1600. The van der Waals surface area contributed by atoms with Crippen molar-refractivity contribution in [2.75, 3.05) is 30.7 Å². The highest BCUT2D eigenvalue weighted by Gasteiger charge is 2.32. The van der Waals surface area contributed by atoms with E-state index >= 15 is 0 Å². The molecule has 4 rings (SSSR count). The van der Waals surface area contributed by atoms with Gasteiger partial charge in [-0.25, -0.2) is 8.42 Å². The molecule has 0 spiro atoms. The van der Waals surface area contributed by atoms with Gasteiger partial charge < -0.3 is 26.0 Å². The molecular weight excluding hydrogens is 554 g/mol. The molecule has 2 atom stereocenters. The maximum Gasteiger partial charge on any atom is 0.243 e. The number of para-hydroxylation sites is 1. The van der Waals surface area contributed by atoms with E-state index in [0.717, 1.165) is 22.4 Å². The lowest BCUT2D eigenvalue weighted by molar-refractivity contribution is -0.121. The van der Waals surface area contributed by atoms with Gasteiger partial charge in [0.15, 0.2) is 11.4 Å². The number of aromatic nitrogens is 1. The van der Waals surface area contributed by atoms with Gasteiger partial charge in [0.05, 0.1) is 29.0 Å². The molecule has 0 aliphatic carbocycles. The third kappa shape index (κ3) is 7.47. The third-order valence-electron chi connectivity index (χ3n) is 7.08. The zero-order chi connectivity index (χ0) is 30.4. The molecule has 0 saturated heterocycles. The fourth-order valence-corrected chi connectivity index (χ4v) is 6.57. The lowest BCUT2D eigenvalue weighted by Gasteiger charge is -2.31. The van der Waals surface area contributed by atoms with Gasteiger partial charge in [-0.05, 0) is 55.0 Å². The summed E-state index contributed by atoms with van der Waals surface area (Å²) in [5, 5.41) is 21.8. The minimum atomic E-state index is -4.04. The van der Waals surface area contributed by atoms with Gasteiger partial charge in [-0.1, -0.05) is 67.5 Å². The summed E-state index contributed by atoms with van der Waals surface area (Å²) in [4.78, 5) is 13.1. The van der Waals surface area contributed by atoms with E-state index in [9.17, 15) is 18.3 Å². The maximum absolute atomic E-state index is 13.8. The first-order valence-corrected chi connectivity index (χ1v) is 15.4. The first-order chi connectivity index (χ1) is 20.0. The highest BCUT2D eigenvalue weighted by Crippen LogP contribution is 2.26. The van der Waals surface area contributed by atoms with Gasteiger partial charge in [-0.3, -0.25) is 4.79 Å². The van der Waals surface area contributed by atoms with Crippen LogP contribution in [0, 0.1) is 19.8 Å². The second-order valence-electron chi connectivity index (χ2n) is 11.0. The molecule has 2 unspecified atom stereocenters. The van der Waals surface area contributed by atoms with Crippen LogP contribution in [0.2, 0.25) is 0 Å². The SMILES string of the molecule is Cc1cccc(C)c1NCC(=O)NC(Cc1ccccc1)C(O)CN(CC(C)C)S(=O)(=O)c1ccc2c(N)noc2c1. The molecule has 0 fully saturated rings. The van der Waals surface area contributed by atoms with E-state index in [0.29, 0.717) is 11.8 Å². The average Bonchev–Trinajstić information content (AvgIpc) is 3.32. The summed E-state index contributed by atoms with van der Waals surface area (Å²) in [5.41, 5.74) is 9.87. The van der Waals surface area contributed by atoms with E-state index < -0.39 is 22.2 Å². The fraction of sp³-hybridized carbons (Fsp3) is 0.355. The number of carbonyl (C=O) groups excluding carboxylic acids is 1. The Morgan fingerprint density at radius 1 is 1.02 bits per heavy atom. The molecule has 0 bridgehead atoms. The Morgan fingerprint density at radius 2 is 1.71 bits per heavy atom. The zero-order valence-corrected chi connectivity index (χ0v) is 25.2. The van der Waals surface area contributed by atoms with Crippen molar-refractivity contribution in [1.29, 1.82) is 0 Å². The number of hydrogen-bond donors (Lipinski definition) is 4. The van der Waals surface area contributed by atoms with E-state index in [4.69, 9.17) is 10.3 Å². The molecule has 0 radical (unpaired) electrons. The first kappa shape index (κ1) is 31.0. The predicted octanol–water partition coefficient (Wildman–Crippen LogP) is 3.87. The fourth-order valence-electron chi connectivity index (χ4n) is 4.93. The highest BCUT2D eigenvalue weighted by atomic mass is 32.2. The average molecular weight is 594 g/mol. The van der Waals surface area contributed by atoms with Crippen LogP contribution in [0.25, 0.3) is 11.0 Å². The maximum atomic E-state index is 13.8. The lowest BCUT2D eigenvalue weighted by Crippen LogP contribution is -2.52. The molecule has 224 valence electrons. The van der Waals surface area contributed by atoms with Crippen LogP contribution >= 0.6 is 0 Å². The Morgan fingerprint density at radius 3 is 2.38 bits per heavy atom. The standard InChI is InChI=1S/C31H39N5O5S/c1-20(2)18-36(42(39,40)24-13-14-25-28(16-24)41-35-31(25)32)19-27(37)26(15-23-11-6-5-7-12-23)34-29(38)17-33-30-21(3)9-8-10-22(30)4/h5-14,16,20,26-27,33,37H,15,17-19H2,1-4H3,(H2,32,35)(H,34,38). The zero-order valence-electron chi connectivity index (χ0n) is 24.4. The quantitative estimate of drug-likeness (QED) is 0.182. The van der Waals surface area contributed by atoms with E-state index in [1.54, 1.807) is 6.07 Å². The number of hydrogen-bond acceptors (Lipinski definition) is 8. The van der Waals surface area contributed by atoms with Crippen LogP contribution < -0.4 is 16.4 Å². The van der Waals surface area contributed by atoms with Crippen molar-refractivity contribution in [3.63, 3.8) is 0 Å². The number of amides is 1. The summed E-state index contributed by atoms with van der Waals surface area (Å²) in [6, 6.07) is 19.0. The molecule has 3 aromatic carbocycles. The third-order valence-corrected chi connectivity index (χ3v) is 8.91. The summed E-state index contributed by atoms with van der Waals surface area (Å²) in [5.74, 6) is -0.167. The molecule has 10 nitrogen and oxygen atoms in total. The van der Waals surface area contributed by atoms with Crippen molar-refractivity contribution < 1.29 is 22.8 Å². The first-order valence-electron chi connectivity index (χ1n) is 13.9. The van der Waals surface area contributed by atoms with E-state index in [1.165, 1.54) is 16.4 Å². The molecule has 0 saturated carbocycles. The molecule has 1 amide bonds. The van der Waals surface area contributed by atoms with E-state index in [2.05, 4.69) is 15.8 Å². The monoisotopic (exact) mass is 593 g/mol. The molecule has 0 aliphatic heterocycles. The lowest BCUT2D eigenvalue weighted by atomic mass is 10.0. The van der Waals surface area contributed by atoms with E-state index in [-0.39, 0.29) is 47.8 Å². The molecule has 11 heteroatoms. The van der Waals surface area contributed by atoms with Crippen molar-refractivity contribution in [2.24, 2.45) is 5.92 Å². The summed E-state index contributed by atoms with van der Waals surface area (Å²) < 4.78 is 34.0. The van der Waals surface area contributed by atoms with Crippen LogP contribution in [0.15, 0.2) is 76.1 Å². The number of nitrogens with one attached hydrogen (secondary N) is 2. The number of carbonyl (C=O) groups is 1. The van der Waals surface area contributed by atoms with Gasteiger partial charge in [0.25, 0.3) is 0 Å². The number of nitrogen functional groups attached to an aromatic ring is 1. The number of nitrogens with two attached hydrogens (primary N) is 1. The topological polar surface area (TPSA) is 151 Å². The summed E-state index contributed by atoms with van der Waals surface area (Å²) in [6.07, 6.45) is -0.886. The summed E-state index contributed by atoms with van der Waals surface area (Å²) in [6.45, 7) is 7.67. The number of aliphatic hydroxyl groups excluding tert-OH is 1. The molecule has 0 aliphatic rings. The molecule has 1 aromatic heterocycles. The van der Waals surface area contributed by atoms with Gasteiger partial charge in [0, 0.05) is 24.8 Å². The van der Waals surface area contributed by atoms with Crippen LogP contribution in [0.4, 0.5) is 11.5 Å². The molecule has 5 N–H and O–H groups in total. The number of anilines is 2. The van der Waals surface area contributed by atoms with Crippen LogP contribution in [0.1, 0.15) is 30.5 Å².